The topological polar surface area (TPSA) is 51.4 Å². The van der Waals surface area contributed by atoms with Gasteiger partial charge < -0.3 is 9.26 Å². The third-order valence-corrected chi connectivity index (χ3v) is 3.58. The van der Waals surface area contributed by atoms with E-state index in [1.165, 1.54) is 12.8 Å². The minimum atomic E-state index is 0.196. The van der Waals surface area contributed by atoms with Gasteiger partial charge in [-0.25, -0.2) is 0 Å². The van der Waals surface area contributed by atoms with Crippen LogP contribution >= 0.6 is 0 Å². The standard InChI is InChI=1S/C12H19N3O2/c1-8-7-15(5-6-16-8)9(2)12-13-11(14-17-12)10-3-4-10/h8-10H,3-7H2,1-2H3/t8-,9-/m0/s1. The average Bonchev–Trinajstić information content (AvgIpc) is 3.07. The molecule has 0 amide bonds. The summed E-state index contributed by atoms with van der Waals surface area (Å²) in [5.41, 5.74) is 0. The van der Waals surface area contributed by atoms with Crippen molar-refractivity contribution in [3.8, 4) is 0 Å². The molecule has 94 valence electrons. The second kappa shape index (κ2) is 4.38. The van der Waals surface area contributed by atoms with Gasteiger partial charge in [-0.1, -0.05) is 5.16 Å². The predicted octanol–water partition coefficient (Wildman–Crippen LogP) is 1.73. The third-order valence-electron chi connectivity index (χ3n) is 3.58. The molecule has 17 heavy (non-hydrogen) atoms. The Kier molecular flexibility index (Phi) is 2.88. The largest absolute Gasteiger partial charge is 0.376 e. The molecule has 0 unspecified atom stereocenters. The van der Waals surface area contributed by atoms with E-state index in [1.807, 2.05) is 0 Å². The fraction of sp³-hybridized carbons (Fsp3) is 0.833. The first-order valence-electron chi connectivity index (χ1n) is 6.43. The molecule has 1 saturated carbocycles. The SMILES string of the molecule is C[C@H]1CN([C@@H](C)c2nc(C3CC3)no2)CCO1. The first-order chi connectivity index (χ1) is 8.24. The molecule has 0 aromatic carbocycles. The van der Waals surface area contributed by atoms with Crippen LogP contribution in [-0.2, 0) is 4.74 Å². The summed E-state index contributed by atoms with van der Waals surface area (Å²) in [6, 6.07) is 0.196. The lowest BCUT2D eigenvalue weighted by Gasteiger charge is -2.33. The molecule has 0 radical (unpaired) electrons. The van der Waals surface area contributed by atoms with E-state index in [-0.39, 0.29) is 12.1 Å². The molecule has 5 heteroatoms. The van der Waals surface area contributed by atoms with E-state index >= 15 is 0 Å². The lowest BCUT2D eigenvalue weighted by Crippen LogP contribution is -2.42. The Morgan fingerprint density at radius 1 is 1.41 bits per heavy atom. The lowest BCUT2D eigenvalue weighted by atomic mass is 10.2. The van der Waals surface area contributed by atoms with Crippen LogP contribution in [0.5, 0.6) is 0 Å². The van der Waals surface area contributed by atoms with Gasteiger partial charge in [-0.2, -0.15) is 4.98 Å². The van der Waals surface area contributed by atoms with Crippen molar-refractivity contribution in [2.45, 2.75) is 44.8 Å². The highest BCUT2D eigenvalue weighted by atomic mass is 16.5. The van der Waals surface area contributed by atoms with Gasteiger partial charge in [0.05, 0.1) is 18.8 Å². The number of hydrogen-bond acceptors (Lipinski definition) is 5. The quantitative estimate of drug-likeness (QED) is 0.801. The van der Waals surface area contributed by atoms with Gasteiger partial charge in [-0.3, -0.25) is 4.90 Å². The Bertz CT molecular complexity index is 389. The highest BCUT2D eigenvalue weighted by Crippen LogP contribution is 2.38. The molecular weight excluding hydrogens is 218 g/mol. The van der Waals surface area contributed by atoms with Crippen molar-refractivity contribution in [1.29, 1.82) is 0 Å². The fourth-order valence-electron chi connectivity index (χ4n) is 2.28. The van der Waals surface area contributed by atoms with Crippen LogP contribution in [0.15, 0.2) is 4.52 Å². The van der Waals surface area contributed by atoms with Crippen molar-refractivity contribution in [3.05, 3.63) is 11.7 Å². The maximum Gasteiger partial charge on any atom is 0.243 e. The number of rotatable bonds is 3. The van der Waals surface area contributed by atoms with Crippen LogP contribution in [0, 0.1) is 0 Å². The Labute approximate surface area is 101 Å². The van der Waals surface area contributed by atoms with Crippen LogP contribution in [0.3, 0.4) is 0 Å². The van der Waals surface area contributed by atoms with E-state index < -0.39 is 0 Å². The van der Waals surface area contributed by atoms with Crippen molar-refractivity contribution in [2.75, 3.05) is 19.7 Å². The van der Waals surface area contributed by atoms with E-state index in [4.69, 9.17) is 9.26 Å². The second-order valence-corrected chi connectivity index (χ2v) is 5.12. The zero-order valence-corrected chi connectivity index (χ0v) is 10.4. The molecule has 1 saturated heterocycles. The van der Waals surface area contributed by atoms with Crippen LogP contribution < -0.4 is 0 Å². The van der Waals surface area contributed by atoms with Crippen LogP contribution in [0.25, 0.3) is 0 Å². The van der Waals surface area contributed by atoms with Gasteiger partial charge in [-0.15, -0.1) is 0 Å². The summed E-state index contributed by atoms with van der Waals surface area (Å²) in [5, 5.41) is 4.07. The molecule has 2 fully saturated rings. The first-order valence-corrected chi connectivity index (χ1v) is 6.43. The summed E-state index contributed by atoms with van der Waals surface area (Å²) < 4.78 is 10.9. The first kappa shape index (κ1) is 11.2. The highest BCUT2D eigenvalue weighted by Gasteiger charge is 2.31. The summed E-state index contributed by atoms with van der Waals surface area (Å²) >= 11 is 0. The summed E-state index contributed by atoms with van der Waals surface area (Å²) in [5.74, 6) is 2.21. The average molecular weight is 237 g/mol. The van der Waals surface area contributed by atoms with Gasteiger partial charge in [-0.05, 0) is 26.7 Å². The van der Waals surface area contributed by atoms with Crippen LogP contribution in [0.1, 0.15) is 50.4 Å². The Balaban J connectivity index is 1.68. The summed E-state index contributed by atoms with van der Waals surface area (Å²) in [4.78, 5) is 6.86. The number of nitrogens with zero attached hydrogens (tertiary/aromatic N) is 3. The summed E-state index contributed by atoms with van der Waals surface area (Å²) in [6.07, 6.45) is 2.71. The molecule has 1 aromatic heterocycles. The Morgan fingerprint density at radius 3 is 2.94 bits per heavy atom. The number of morpholine rings is 1. The molecule has 1 aliphatic carbocycles. The van der Waals surface area contributed by atoms with Gasteiger partial charge in [0.1, 0.15) is 0 Å². The van der Waals surface area contributed by atoms with Gasteiger partial charge in [0.15, 0.2) is 5.82 Å². The van der Waals surface area contributed by atoms with Crippen molar-refractivity contribution < 1.29 is 9.26 Å². The Hall–Kier alpha value is -0.940. The molecule has 1 aromatic rings. The van der Waals surface area contributed by atoms with E-state index in [0.29, 0.717) is 5.92 Å². The smallest absolute Gasteiger partial charge is 0.243 e. The molecule has 2 aliphatic rings. The summed E-state index contributed by atoms with van der Waals surface area (Å²) in [7, 11) is 0. The molecule has 3 rings (SSSR count). The van der Waals surface area contributed by atoms with Crippen LogP contribution in [-0.4, -0.2) is 40.8 Å². The predicted molar refractivity (Wildman–Crippen MR) is 61.7 cm³/mol. The van der Waals surface area contributed by atoms with E-state index in [9.17, 15) is 0 Å². The second-order valence-electron chi connectivity index (χ2n) is 5.12. The van der Waals surface area contributed by atoms with E-state index in [2.05, 4.69) is 28.9 Å². The number of hydrogen-bond donors (Lipinski definition) is 0. The van der Waals surface area contributed by atoms with E-state index in [0.717, 1.165) is 31.4 Å². The normalized spacial score (nSPS) is 28.2. The molecule has 1 aliphatic heterocycles. The zero-order valence-electron chi connectivity index (χ0n) is 10.4. The number of ether oxygens (including phenoxy) is 1. The lowest BCUT2D eigenvalue weighted by molar-refractivity contribution is -0.0361. The van der Waals surface area contributed by atoms with E-state index in [1.54, 1.807) is 0 Å². The molecule has 0 bridgehead atoms. The molecule has 2 atom stereocenters. The molecule has 2 heterocycles. The third kappa shape index (κ3) is 2.35. The number of aromatic nitrogens is 2. The summed E-state index contributed by atoms with van der Waals surface area (Å²) in [6.45, 7) is 6.88. The molecule has 0 spiro atoms. The van der Waals surface area contributed by atoms with Crippen molar-refractivity contribution >= 4 is 0 Å². The van der Waals surface area contributed by atoms with Gasteiger partial charge in [0.25, 0.3) is 0 Å². The Morgan fingerprint density at radius 2 is 2.24 bits per heavy atom. The van der Waals surface area contributed by atoms with Crippen LogP contribution in [0.2, 0.25) is 0 Å². The van der Waals surface area contributed by atoms with Gasteiger partial charge in [0, 0.05) is 19.0 Å². The van der Waals surface area contributed by atoms with Crippen LogP contribution in [0.4, 0.5) is 0 Å². The molecule has 5 nitrogen and oxygen atoms in total. The minimum Gasteiger partial charge on any atom is -0.376 e. The maximum atomic E-state index is 5.54. The molecular formula is C12H19N3O2. The minimum absolute atomic E-state index is 0.196. The maximum absolute atomic E-state index is 5.54. The molecule has 0 N–H and O–H groups in total. The van der Waals surface area contributed by atoms with Gasteiger partial charge >= 0.3 is 0 Å². The monoisotopic (exact) mass is 237 g/mol. The zero-order chi connectivity index (χ0) is 11.8. The highest BCUT2D eigenvalue weighted by molar-refractivity contribution is 5.04. The van der Waals surface area contributed by atoms with Gasteiger partial charge in [0.2, 0.25) is 5.89 Å². The van der Waals surface area contributed by atoms with Crippen molar-refractivity contribution in [3.63, 3.8) is 0 Å². The fourth-order valence-corrected chi connectivity index (χ4v) is 2.28. The van der Waals surface area contributed by atoms with Crippen molar-refractivity contribution in [1.82, 2.24) is 15.0 Å². The van der Waals surface area contributed by atoms with Crippen molar-refractivity contribution in [2.24, 2.45) is 0 Å².